The van der Waals surface area contributed by atoms with E-state index in [1.54, 1.807) is 30.5 Å². The normalized spacial score (nSPS) is 20.1. The van der Waals surface area contributed by atoms with Crippen molar-refractivity contribution in [3.8, 4) is 33.5 Å². The maximum Gasteiger partial charge on any atom is 0.299 e. The third-order valence-corrected chi connectivity index (χ3v) is 15.3. The Bertz CT molecular complexity index is 2650. The van der Waals surface area contributed by atoms with Crippen LogP contribution in [0.1, 0.15) is 100 Å². The van der Waals surface area contributed by atoms with E-state index in [0.717, 1.165) is 53.3 Å². The SMILES string of the molecule is CCN(CC)[C@H](C(=O)N[C@@H](C[Si](C)C)c1ncc(-c2ccc3c(c2)C(F)(F)c2cc(-c4ccc5nc([C@@H]6[C@H]7CC[C@H](C7)N6C(=O)[C@@H](C)C(C)C)[nH]c5c4)ccc2-3)[nH]1)c1ccccc1. The molecule has 1 radical (unpaired) electrons. The molecule has 2 aliphatic carbocycles. The van der Waals surface area contributed by atoms with Crippen LogP contribution in [0.3, 0.4) is 0 Å². The summed E-state index contributed by atoms with van der Waals surface area (Å²) in [5, 5.41) is 3.32. The maximum absolute atomic E-state index is 16.7. The lowest BCUT2D eigenvalue weighted by atomic mass is 9.93. The number of imidazole rings is 2. The minimum Gasteiger partial charge on any atom is -0.345 e. The van der Waals surface area contributed by atoms with Crippen molar-refractivity contribution in [3.05, 3.63) is 119 Å². The second kappa shape index (κ2) is 16.9. The number of aromatic amines is 2. The summed E-state index contributed by atoms with van der Waals surface area (Å²) < 4.78 is 33.3. The topological polar surface area (TPSA) is 110 Å². The molecule has 4 aromatic carbocycles. The molecule has 327 valence electrons. The molecule has 63 heavy (non-hydrogen) atoms. The van der Waals surface area contributed by atoms with Crippen molar-refractivity contribution in [2.45, 2.75) is 103 Å². The van der Waals surface area contributed by atoms with Gasteiger partial charge in [-0.15, -0.1) is 0 Å². The van der Waals surface area contributed by atoms with Crippen LogP contribution in [0.2, 0.25) is 19.1 Å². The van der Waals surface area contributed by atoms with Crippen LogP contribution in [0, 0.1) is 17.8 Å². The lowest BCUT2D eigenvalue weighted by Gasteiger charge is -2.36. The third-order valence-electron chi connectivity index (χ3n) is 14.1. The number of benzene rings is 4. The number of nitrogens with one attached hydrogen (secondary N) is 3. The Morgan fingerprint density at radius 1 is 0.889 bits per heavy atom. The smallest absolute Gasteiger partial charge is 0.299 e. The Labute approximate surface area is 370 Å². The van der Waals surface area contributed by atoms with Crippen LogP contribution in [0.15, 0.2) is 91.1 Å². The first-order valence-corrected chi connectivity index (χ1v) is 25.4. The number of H-pyrrole nitrogens is 2. The molecular weight excluding hydrogens is 809 g/mol. The summed E-state index contributed by atoms with van der Waals surface area (Å²) in [5.74, 6) is -1.14. The van der Waals surface area contributed by atoms with Crippen molar-refractivity contribution in [1.29, 1.82) is 0 Å². The molecule has 1 aliphatic heterocycles. The molecule has 1 saturated heterocycles. The van der Waals surface area contributed by atoms with Crippen LogP contribution in [-0.4, -0.2) is 69.5 Å². The number of aromatic nitrogens is 4. The Morgan fingerprint density at radius 3 is 2.24 bits per heavy atom. The number of halogens is 2. The molecule has 1 saturated carbocycles. The van der Waals surface area contributed by atoms with Crippen LogP contribution in [0.5, 0.6) is 0 Å². The van der Waals surface area contributed by atoms with E-state index in [1.807, 2.05) is 67.6 Å². The highest BCUT2D eigenvalue weighted by atomic mass is 28.3. The number of carbonyl (C=O) groups is 2. The summed E-state index contributed by atoms with van der Waals surface area (Å²) in [6, 6.07) is 26.4. The minimum atomic E-state index is -3.23. The first-order chi connectivity index (χ1) is 30.3. The Kier molecular flexibility index (Phi) is 11.5. The van der Waals surface area contributed by atoms with Crippen LogP contribution in [0.25, 0.3) is 44.5 Å². The van der Waals surface area contributed by atoms with Crippen molar-refractivity contribution in [3.63, 3.8) is 0 Å². The van der Waals surface area contributed by atoms with Gasteiger partial charge >= 0.3 is 0 Å². The van der Waals surface area contributed by atoms with E-state index in [1.165, 1.54) is 0 Å². The van der Waals surface area contributed by atoms with Crippen molar-refractivity contribution in [2.24, 2.45) is 17.8 Å². The molecular formula is C51H58F2N7O2Si. The van der Waals surface area contributed by atoms with Gasteiger partial charge in [-0.3, -0.25) is 14.5 Å². The number of hydrogen-bond donors (Lipinski definition) is 3. The number of likely N-dealkylation sites (tertiary alicyclic amines) is 1. The number of rotatable bonds is 14. The van der Waals surface area contributed by atoms with Crippen LogP contribution in [-0.2, 0) is 15.5 Å². The van der Waals surface area contributed by atoms with Crippen LogP contribution < -0.4 is 5.32 Å². The summed E-state index contributed by atoms with van der Waals surface area (Å²) >= 11 is 0. The Hall–Kier alpha value is -5.46. The molecule has 0 unspecified atom stereocenters. The second-order valence-electron chi connectivity index (χ2n) is 18.6. The van der Waals surface area contributed by atoms with Gasteiger partial charge < -0.3 is 20.2 Å². The quantitative estimate of drug-likeness (QED) is 0.0945. The van der Waals surface area contributed by atoms with Crippen LogP contribution >= 0.6 is 0 Å². The third kappa shape index (κ3) is 7.73. The number of likely N-dealkylation sites (N-methyl/N-ethyl adjacent to an activating group) is 1. The first kappa shape index (κ1) is 42.8. The molecule has 6 atom stereocenters. The Morgan fingerprint density at radius 2 is 1.56 bits per heavy atom. The fraction of sp³-hybridized carbons (Fsp3) is 0.412. The molecule has 2 fully saturated rings. The van der Waals surface area contributed by atoms with Crippen molar-refractivity contribution < 1.29 is 18.4 Å². The number of carbonyl (C=O) groups excluding carboxylic acids is 2. The van der Waals surface area contributed by atoms with Crippen LogP contribution in [0.4, 0.5) is 8.78 Å². The lowest BCUT2D eigenvalue weighted by molar-refractivity contribution is -0.141. The highest BCUT2D eigenvalue weighted by Gasteiger charge is 2.51. The molecule has 2 aromatic heterocycles. The Balaban J connectivity index is 0.962. The molecule has 3 heterocycles. The number of alkyl halides is 2. The predicted molar refractivity (Wildman–Crippen MR) is 248 cm³/mol. The highest BCUT2D eigenvalue weighted by Crippen LogP contribution is 2.53. The van der Waals surface area contributed by atoms with E-state index in [-0.39, 0.29) is 52.9 Å². The van der Waals surface area contributed by atoms with E-state index in [0.29, 0.717) is 52.8 Å². The minimum absolute atomic E-state index is 0.0252. The van der Waals surface area contributed by atoms with Gasteiger partial charge in [0.25, 0.3) is 5.92 Å². The largest absolute Gasteiger partial charge is 0.345 e. The molecule has 2 amide bonds. The van der Waals surface area contributed by atoms with Gasteiger partial charge in [-0.05, 0) is 102 Å². The van der Waals surface area contributed by atoms with Gasteiger partial charge in [-0.2, -0.15) is 8.78 Å². The zero-order chi connectivity index (χ0) is 44.3. The predicted octanol–water partition coefficient (Wildman–Crippen LogP) is 11.1. The summed E-state index contributed by atoms with van der Waals surface area (Å²) in [5.41, 5.74) is 6.22. The van der Waals surface area contributed by atoms with E-state index in [2.05, 4.69) is 65.9 Å². The zero-order valence-corrected chi connectivity index (χ0v) is 38.3. The fourth-order valence-electron chi connectivity index (χ4n) is 10.4. The van der Waals surface area contributed by atoms with E-state index in [9.17, 15) is 9.59 Å². The van der Waals surface area contributed by atoms with Crippen molar-refractivity contribution >= 4 is 31.6 Å². The van der Waals surface area contributed by atoms with E-state index >= 15 is 8.78 Å². The molecule has 12 heteroatoms. The molecule has 9 nitrogen and oxygen atoms in total. The first-order valence-electron chi connectivity index (χ1n) is 22.7. The lowest BCUT2D eigenvalue weighted by Crippen LogP contribution is -2.44. The average molecular weight is 867 g/mol. The van der Waals surface area contributed by atoms with Gasteiger partial charge in [-0.1, -0.05) is 108 Å². The highest BCUT2D eigenvalue weighted by molar-refractivity contribution is 6.55. The monoisotopic (exact) mass is 866 g/mol. The van der Waals surface area contributed by atoms with Gasteiger partial charge in [0, 0.05) is 37.4 Å². The second-order valence-corrected chi connectivity index (χ2v) is 21.4. The number of nitrogens with zero attached hydrogens (tertiary/aromatic N) is 4. The maximum atomic E-state index is 16.7. The van der Waals surface area contributed by atoms with Crippen molar-refractivity contribution in [1.82, 2.24) is 35.1 Å². The van der Waals surface area contributed by atoms with Gasteiger partial charge in [0.1, 0.15) is 17.7 Å². The number of piperidine rings is 1. The van der Waals surface area contributed by atoms with E-state index < -0.39 is 20.8 Å². The molecule has 3 N–H and O–H groups in total. The van der Waals surface area contributed by atoms with Gasteiger partial charge in [0.05, 0.1) is 35.0 Å². The molecule has 6 aromatic rings. The van der Waals surface area contributed by atoms with Gasteiger partial charge in [0.15, 0.2) is 0 Å². The molecule has 0 spiro atoms. The van der Waals surface area contributed by atoms with E-state index in [4.69, 9.17) is 9.97 Å². The average Bonchev–Trinajstić information content (AvgIpc) is 4.13. The summed E-state index contributed by atoms with van der Waals surface area (Å²) in [7, 11) is -0.808. The summed E-state index contributed by atoms with van der Waals surface area (Å²) in [4.78, 5) is 48.7. The van der Waals surface area contributed by atoms with Gasteiger partial charge in [-0.25, -0.2) is 9.97 Å². The van der Waals surface area contributed by atoms with Gasteiger partial charge in [0.2, 0.25) is 11.8 Å². The molecule has 9 rings (SSSR count). The zero-order valence-electron chi connectivity index (χ0n) is 37.3. The number of amides is 2. The number of fused-ring (bicyclic) bond motifs is 6. The fourth-order valence-corrected chi connectivity index (χ4v) is 11.5. The molecule has 2 bridgehead atoms. The summed E-state index contributed by atoms with van der Waals surface area (Å²) in [6.07, 6.45) is 4.81. The summed E-state index contributed by atoms with van der Waals surface area (Å²) in [6.45, 7) is 16.2. The van der Waals surface area contributed by atoms with Crippen molar-refractivity contribution in [2.75, 3.05) is 13.1 Å². The number of hydrogen-bond acceptors (Lipinski definition) is 5. The molecule has 3 aliphatic rings. The standard InChI is InChI=1S/C51H58F2N7O2Si/c1-8-59(9-2)46(31-13-11-10-12-14-31)49(61)58-44(28-63(6)7)47-54-27-43(57-47)34-17-21-38-37-20-16-32(24-39(37)51(52,53)40(38)25-34)33-18-22-41-42(26-33)56-48(55-41)45-35-15-19-36(23-35)60(45)50(62)30(5)29(3)4/h10-14,16-18,20-22,24-27,29-30,35-36,44-46H,8-9,15,19,23,28H2,1-7H3,(H,54,57)(H,55,56)(H,58,61)/t30-,35-,36+,44-,45-,46-/m0/s1.